The Morgan fingerprint density at radius 2 is 1.63 bits per heavy atom. The molecule has 136 valence electrons. The molecule has 0 aliphatic heterocycles. The average Bonchev–Trinajstić information content (AvgIpc) is 3.04. The van der Waals surface area contributed by atoms with E-state index in [1.807, 2.05) is 42.8 Å². The minimum atomic E-state index is 0.377. The molecule has 0 amide bonds. The number of nitrogens with zero attached hydrogens (tertiary/aromatic N) is 4. The van der Waals surface area contributed by atoms with Gasteiger partial charge in [-0.25, -0.2) is 4.68 Å². The summed E-state index contributed by atoms with van der Waals surface area (Å²) in [6.07, 6.45) is 0. The fraction of sp³-hybridized carbons (Fsp3) is 0.227. The van der Waals surface area contributed by atoms with Gasteiger partial charge in [-0.1, -0.05) is 61.5 Å². The highest BCUT2D eigenvalue weighted by Gasteiger charge is 2.14. The second-order valence-electron chi connectivity index (χ2n) is 6.95. The molecule has 0 aliphatic rings. The zero-order valence-electron chi connectivity index (χ0n) is 15.8. The van der Waals surface area contributed by atoms with E-state index in [0.717, 1.165) is 40.3 Å². The van der Waals surface area contributed by atoms with Crippen LogP contribution in [0.15, 0.2) is 60.7 Å². The number of benzene rings is 2. The number of hydrogen-bond acceptors (Lipinski definition) is 4. The third kappa shape index (κ3) is 3.40. The van der Waals surface area contributed by atoms with Crippen molar-refractivity contribution in [3.05, 3.63) is 77.6 Å². The Bertz CT molecular complexity index is 1070. The minimum absolute atomic E-state index is 0.377. The van der Waals surface area contributed by atoms with Gasteiger partial charge in [-0.2, -0.15) is 5.10 Å². The van der Waals surface area contributed by atoms with E-state index in [9.17, 15) is 0 Å². The molecule has 0 bridgehead atoms. The van der Waals surface area contributed by atoms with E-state index < -0.39 is 0 Å². The van der Waals surface area contributed by atoms with Gasteiger partial charge in [0.2, 0.25) is 0 Å². The standard InChI is InChI=1S/C22H23N5/c1-15(18-9-5-4-6-10-18)14-23-21-19-11-7-8-12-20(19)22(25-24-21)27-17(3)13-16(2)26-27/h4-13,15H,14H2,1-3H3,(H,23,24). The molecule has 0 saturated carbocycles. The molecule has 5 nitrogen and oxygen atoms in total. The summed E-state index contributed by atoms with van der Waals surface area (Å²) in [6, 6.07) is 20.7. The number of anilines is 1. The summed E-state index contributed by atoms with van der Waals surface area (Å²) in [4.78, 5) is 0. The van der Waals surface area contributed by atoms with Crippen molar-refractivity contribution in [2.75, 3.05) is 11.9 Å². The Labute approximate surface area is 159 Å². The van der Waals surface area contributed by atoms with Crippen molar-refractivity contribution in [2.45, 2.75) is 26.7 Å². The van der Waals surface area contributed by atoms with Crippen LogP contribution in [0.4, 0.5) is 5.82 Å². The quantitative estimate of drug-likeness (QED) is 0.565. The molecule has 0 aliphatic carbocycles. The van der Waals surface area contributed by atoms with Crippen LogP contribution in [0.1, 0.15) is 29.8 Å². The fourth-order valence-electron chi connectivity index (χ4n) is 3.37. The van der Waals surface area contributed by atoms with Crippen molar-refractivity contribution in [3.63, 3.8) is 0 Å². The van der Waals surface area contributed by atoms with E-state index in [2.05, 4.69) is 63.9 Å². The van der Waals surface area contributed by atoms with Crippen LogP contribution in [0.3, 0.4) is 0 Å². The van der Waals surface area contributed by atoms with Gasteiger partial charge in [-0.05, 0) is 31.4 Å². The first-order chi connectivity index (χ1) is 13.1. The number of hydrogen-bond donors (Lipinski definition) is 1. The van der Waals surface area contributed by atoms with E-state index in [-0.39, 0.29) is 0 Å². The molecule has 1 atom stereocenters. The van der Waals surface area contributed by atoms with Crippen LogP contribution in [0.5, 0.6) is 0 Å². The summed E-state index contributed by atoms with van der Waals surface area (Å²) in [7, 11) is 0. The summed E-state index contributed by atoms with van der Waals surface area (Å²) in [5.74, 6) is 1.94. The Hall–Kier alpha value is -3.21. The average molecular weight is 357 g/mol. The molecular weight excluding hydrogens is 334 g/mol. The van der Waals surface area contributed by atoms with Crippen molar-refractivity contribution in [2.24, 2.45) is 0 Å². The van der Waals surface area contributed by atoms with Crippen LogP contribution < -0.4 is 5.32 Å². The Balaban J connectivity index is 1.67. The van der Waals surface area contributed by atoms with Gasteiger partial charge in [0.1, 0.15) is 0 Å². The van der Waals surface area contributed by atoms with Gasteiger partial charge in [0, 0.05) is 23.0 Å². The van der Waals surface area contributed by atoms with Crippen LogP contribution in [0, 0.1) is 13.8 Å². The van der Waals surface area contributed by atoms with Gasteiger partial charge < -0.3 is 5.32 Å². The minimum Gasteiger partial charge on any atom is -0.367 e. The SMILES string of the molecule is Cc1cc(C)n(-c2nnc(NCC(C)c3ccccc3)c3ccccc23)n1. The third-order valence-corrected chi connectivity index (χ3v) is 4.82. The Morgan fingerprint density at radius 3 is 2.33 bits per heavy atom. The van der Waals surface area contributed by atoms with Crippen LogP contribution in [-0.4, -0.2) is 26.5 Å². The number of aromatic nitrogens is 4. The fourth-order valence-corrected chi connectivity index (χ4v) is 3.37. The predicted molar refractivity (Wildman–Crippen MR) is 109 cm³/mol. The van der Waals surface area contributed by atoms with Gasteiger partial charge in [0.05, 0.1) is 5.69 Å². The second kappa shape index (κ2) is 7.19. The van der Waals surface area contributed by atoms with E-state index in [1.54, 1.807) is 0 Å². The van der Waals surface area contributed by atoms with Crippen molar-refractivity contribution < 1.29 is 0 Å². The monoisotopic (exact) mass is 357 g/mol. The van der Waals surface area contributed by atoms with E-state index in [0.29, 0.717) is 5.92 Å². The lowest BCUT2D eigenvalue weighted by atomic mass is 10.0. The van der Waals surface area contributed by atoms with E-state index >= 15 is 0 Å². The molecule has 2 heterocycles. The summed E-state index contributed by atoms with van der Waals surface area (Å²) in [5, 5.41) is 19.1. The maximum Gasteiger partial charge on any atom is 0.183 e. The van der Waals surface area contributed by atoms with Crippen molar-refractivity contribution in [1.82, 2.24) is 20.0 Å². The Morgan fingerprint density at radius 1 is 0.926 bits per heavy atom. The summed E-state index contributed by atoms with van der Waals surface area (Å²) < 4.78 is 1.86. The molecule has 2 aromatic carbocycles. The smallest absolute Gasteiger partial charge is 0.183 e. The summed E-state index contributed by atoms with van der Waals surface area (Å²) in [6.45, 7) is 7.02. The van der Waals surface area contributed by atoms with Crippen molar-refractivity contribution in [3.8, 4) is 5.82 Å². The van der Waals surface area contributed by atoms with E-state index in [4.69, 9.17) is 0 Å². The van der Waals surface area contributed by atoms with Crippen LogP contribution in [0.2, 0.25) is 0 Å². The highest BCUT2D eigenvalue weighted by atomic mass is 15.4. The molecule has 27 heavy (non-hydrogen) atoms. The van der Waals surface area contributed by atoms with Gasteiger partial charge >= 0.3 is 0 Å². The molecule has 2 aromatic heterocycles. The summed E-state index contributed by atoms with van der Waals surface area (Å²) in [5.41, 5.74) is 3.32. The summed E-state index contributed by atoms with van der Waals surface area (Å²) >= 11 is 0. The maximum absolute atomic E-state index is 4.57. The van der Waals surface area contributed by atoms with Crippen LogP contribution in [-0.2, 0) is 0 Å². The lowest BCUT2D eigenvalue weighted by Gasteiger charge is -2.15. The lowest BCUT2D eigenvalue weighted by Crippen LogP contribution is -2.13. The van der Waals surface area contributed by atoms with E-state index in [1.165, 1.54) is 5.56 Å². The van der Waals surface area contributed by atoms with Gasteiger partial charge in [0.15, 0.2) is 11.6 Å². The first-order valence-corrected chi connectivity index (χ1v) is 9.21. The number of fused-ring (bicyclic) bond motifs is 1. The third-order valence-electron chi connectivity index (χ3n) is 4.82. The predicted octanol–water partition coefficient (Wildman–Crippen LogP) is 4.65. The molecular formula is C22H23N5. The second-order valence-corrected chi connectivity index (χ2v) is 6.95. The molecule has 1 N–H and O–H groups in total. The maximum atomic E-state index is 4.57. The molecule has 0 saturated heterocycles. The first-order valence-electron chi connectivity index (χ1n) is 9.21. The number of aryl methyl sites for hydroxylation is 2. The molecule has 1 unspecified atom stereocenters. The number of rotatable bonds is 5. The van der Waals surface area contributed by atoms with Crippen molar-refractivity contribution in [1.29, 1.82) is 0 Å². The highest BCUT2D eigenvalue weighted by molar-refractivity contribution is 5.95. The van der Waals surface area contributed by atoms with Gasteiger partial charge in [-0.15, -0.1) is 10.2 Å². The first kappa shape index (κ1) is 17.2. The normalized spacial score (nSPS) is 12.3. The number of nitrogens with one attached hydrogen (secondary N) is 1. The topological polar surface area (TPSA) is 55.6 Å². The molecule has 0 spiro atoms. The zero-order chi connectivity index (χ0) is 18.8. The van der Waals surface area contributed by atoms with Gasteiger partial charge in [0.25, 0.3) is 0 Å². The molecule has 0 fully saturated rings. The lowest BCUT2D eigenvalue weighted by molar-refractivity contribution is 0.781. The van der Waals surface area contributed by atoms with Crippen LogP contribution in [0.25, 0.3) is 16.6 Å². The largest absolute Gasteiger partial charge is 0.367 e. The molecule has 0 radical (unpaired) electrons. The molecule has 4 rings (SSSR count). The van der Waals surface area contributed by atoms with Crippen molar-refractivity contribution >= 4 is 16.6 Å². The Kier molecular flexibility index (Phi) is 4.59. The highest BCUT2D eigenvalue weighted by Crippen LogP contribution is 2.26. The van der Waals surface area contributed by atoms with Gasteiger partial charge in [-0.3, -0.25) is 0 Å². The van der Waals surface area contributed by atoms with Crippen LogP contribution >= 0.6 is 0 Å². The molecule has 4 aromatic rings. The molecule has 5 heteroatoms. The zero-order valence-corrected chi connectivity index (χ0v) is 15.8.